The summed E-state index contributed by atoms with van der Waals surface area (Å²) in [5.74, 6) is 0. The van der Waals surface area contributed by atoms with Gasteiger partial charge >= 0.3 is 0 Å². The van der Waals surface area contributed by atoms with Crippen molar-refractivity contribution in [3.63, 3.8) is 0 Å². The van der Waals surface area contributed by atoms with Crippen LogP contribution in [0.5, 0.6) is 0 Å². The largest absolute Gasteiger partial charge is 0.336 e. The van der Waals surface area contributed by atoms with Gasteiger partial charge in [0.25, 0.3) is 0 Å². The van der Waals surface area contributed by atoms with Crippen molar-refractivity contribution in [3.8, 4) is 0 Å². The molecule has 0 fully saturated rings. The van der Waals surface area contributed by atoms with E-state index in [2.05, 4.69) is 25.4 Å². The molecule has 0 bridgehead atoms. The van der Waals surface area contributed by atoms with Crippen LogP contribution in [-0.2, 0) is 0 Å². The average Bonchev–Trinajstić information content (AvgIpc) is 1.88. The molecule has 0 aromatic rings. The van der Waals surface area contributed by atoms with Crippen molar-refractivity contribution in [1.29, 1.82) is 0 Å². The Bertz CT molecular complexity index is 173. The number of nitrogens with zero attached hydrogens (tertiary/aromatic N) is 2. The highest BCUT2D eigenvalue weighted by Crippen LogP contribution is 2.05. The molecular weight excluding hydrogens is 124 g/mol. The van der Waals surface area contributed by atoms with Crippen LogP contribution in [-0.4, -0.2) is 17.3 Å². The molecule has 1 rings (SSSR count). The van der Waals surface area contributed by atoms with Gasteiger partial charge in [-0.3, -0.25) is 0 Å². The van der Waals surface area contributed by atoms with Crippen molar-refractivity contribution in [2.24, 2.45) is 4.99 Å². The van der Waals surface area contributed by atoms with Gasteiger partial charge in [-0.05, 0) is 19.9 Å². The van der Waals surface area contributed by atoms with Crippen LogP contribution < -0.4 is 0 Å². The van der Waals surface area contributed by atoms with Crippen molar-refractivity contribution in [2.45, 2.75) is 19.9 Å². The zero-order valence-corrected chi connectivity index (χ0v) is 6.41. The normalized spacial score (nSPS) is 17.1. The molecule has 0 saturated carbocycles. The van der Waals surface area contributed by atoms with Gasteiger partial charge in [-0.15, -0.1) is 0 Å². The molecule has 0 amide bonds. The second-order valence-electron chi connectivity index (χ2n) is 2.59. The highest BCUT2D eigenvalue weighted by molar-refractivity contribution is 5.61. The molecule has 1 aliphatic heterocycles. The van der Waals surface area contributed by atoms with E-state index in [-0.39, 0.29) is 0 Å². The summed E-state index contributed by atoms with van der Waals surface area (Å²) in [5.41, 5.74) is 0.817. The smallest absolute Gasteiger partial charge is 0.0954 e. The third kappa shape index (κ3) is 1.47. The van der Waals surface area contributed by atoms with Crippen LogP contribution in [0.15, 0.2) is 29.5 Å². The van der Waals surface area contributed by atoms with Gasteiger partial charge in [-0.2, -0.15) is 0 Å². The lowest BCUT2D eigenvalue weighted by atomic mass is 10.3. The SMILES string of the molecule is C=C1C=CN(C(C)C)C=N1. The van der Waals surface area contributed by atoms with Crippen LogP contribution >= 0.6 is 0 Å². The number of allylic oxidation sites excluding steroid dienone is 1. The minimum Gasteiger partial charge on any atom is -0.336 e. The van der Waals surface area contributed by atoms with Crippen LogP contribution in [0.2, 0.25) is 0 Å². The van der Waals surface area contributed by atoms with E-state index in [0.717, 1.165) is 5.70 Å². The molecule has 2 heteroatoms. The van der Waals surface area contributed by atoms with E-state index in [9.17, 15) is 0 Å². The van der Waals surface area contributed by atoms with Crippen molar-refractivity contribution < 1.29 is 0 Å². The first-order chi connectivity index (χ1) is 4.70. The Labute approximate surface area is 61.6 Å². The lowest BCUT2D eigenvalue weighted by Crippen LogP contribution is -2.24. The lowest BCUT2D eigenvalue weighted by molar-refractivity contribution is 0.467. The lowest BCUT2D eigenvalue weighted by Gasteiger charge is -2.21. The van der Waals surface area contributed by atoms with E-state index < -0.39 is 0 Å². The number of hydrogen-bond donors (Lipinski definition) is 0. The summed E-state index contributed by atoms with van der Waals surface area (Å²) in [6.45, 7) is 7.93. The van der Waals surface area contributed by atoms with Crippen LogP contribution in [0.1, 0.15) is 13.8 Å². The van der Waals surface area contributed by atoms with Crippen LogP contribution in [0.4, 0.5) is 0 Å². The molecule has 0 unspecified atom stereocenters. The van der Waals surface area contributed by atoms with Gasteiger partial charge in [0.15, 0.2) is 0 Å². The number of hydrogen-bond acceptors (Lipinski definition) is 2. The van der Waals surface area contributed by atoms with E-state index >= 15 is 0 Å². The fourth-order valence-electron chi connectivity index (χ4n) is 0.700. The molecule has 2 nitrogen and oxygen atoms in total. The van der Waals surface area contributed by atoms with Gasteiger partial charge in [-0.1, -0.05) is 6.58 Å². The standard InChI is InChI=1S/C8H12N2/c1-7(2)10-5-4-8(3)9-6-10/h4-7H,3H2,1-2H3. The van der Waals surface area contributed by atoms with Gasteiger partial charge < -0.3 is 4.90 Å². The van der Waals surface area contributed by atoms with E-state index in [4.69, 9.17) is 0 Å². The molecular formula is C8H12N2. The highest BCUT2D eigenvalue weighted by atomic mass is 15.2. The summed E-state index contributed by atoms with van der Waals surface area (Å²) >= 11 is 0. The van der Waals surface area contributed by atoms with Gasteiger partial charge in [0.1, 0.15) is 0 Å². The van der Waals surface area contributed by atoms with Crippen molar-refractivity contribution in [1.82, 2.24) is 4.90 Å². The highest BCUT2D eigenvalue weighted by Gasteiger charge is 2.02. The summed E-state index contributed by atoms with van der Waals surface area (Å²) in [6.07, 6.45) is 5.69. The summed E-state index contributed by atoms with van der Waals surface area (Å²) < 4.78 is 0. The maximum atomic E-state index is 4.05. The number of aliphatic imine (C=N–C) groups is 1. The molecule has 1 aliphatic rings. The van der Waals surface area contributed by atoms with Crippen LogP contribution in [0.3, 0.4) is 0 Å². The van der Waals surface area contributed by atoms with Gasteiger partial charge in [-0.25, -0.2) is 4.99 Å². The predicted octanol–water partition coefficient (Wildman–Crippen LogP) is 1.77. The van der Waals surface area contributed by atoms with Crippen LogP contribution in [0.25, 0.3) is 0 Å². The zero-order chi connectivity index (χ0) is 7.56. The fourth-order valence-corrected chi connectivity index (χ4v) is 0.700. The maximum Gasteiger partial charge on any atom is 0.0954 e. The fraction of sp³-hybridized carbons (Fsp3) is 0.375. The van der Waals surface area contributed by atoms with Crippen LogP contribution in [0, 0.1) is 0 Å². The maximum absolute atomic E-state index is 4.05. The second-order valence-corrected chi connectivity index (χ2v) is 2.59. The van der Waals surface area contributed by atoms with E-state index in [1.807, 2.05) is 17.2 Å². The van der Waals surface area contributed by atoms with Crippen molar-refractivity contribution in [3.05, 3.63) is 24.6 Å². The third-order valence-electron chi connectivity index (χ3n) is 1.39. The molecule has 0 saturated heterocycles. The van der Waals surface area contributed by atoms with E-state index in [1.54, 1.807) is 6.34 Å². The monoisotopic (exact) mass is 136 g/mol. The molecule has 0 aromatic heterocycles. The predicted molar refractivity (Wildman–Crippen MR) is 43.7 cm³/mol. The molecule has 54 valence electrons. The van der Waals surface area contributed by atoms with Gasteiger partial charge in [0.2, 0.25) is 0 Å². The van der Waals surface area contributed by atoms with Crippen molar-refractivity contribution in [2.75, 3.05) is 0 Å². The Morgan fingerprint density at radius 2 is 2.30 bits per heavy atom. The average molecular weight is 136 g/mol. The van der Waals surface area contributed by atoms with E-state index in [0.29, 0.717) is 6.04 Å². The molecule has 1 heterocycles. The summed E-state index contributed by atoms with van der Waals surface area (Å²) in [6, 6.07) is 0.480. The van der Waals surface area contributed by atoms with Crippen molar-refractivity contribution >= 4 is 6.34 Å². The molecule has 0 radical (unpaired) electrons. The first-order valence-electron chi connectivity index (χ1n) is 3.39. The third-order valence-corrected chi connectivity index (χ3v) is 1.39. The number of rotatable bonds is 1. The first-order valence-corrected chi connectivity index (χ1v) is 3.39. The summed E-state index contributed by atoms with van der Waals surface area (Å²) in [5, 5.41) is 0. The summed E-state index contributed by atoms with van der Waals surface area (Å²) in [7, 11) is 0. The van der Waals surface area contributed by atoms with Gasteiger partial charge in [0.05, 0.1) is 12.0 Å². The first kappa shape index (κ1) is 7.06. The molecule has 0 atom stereocenters. The minimum atomic E-state index is 0.480. The molecule has 10 heavy (non-hydrogen) atoms. The Kier molecular flexibility index (Phi) is 1.90. The Hall–Kier alpha value is -1.05. The van der Waals surface area contributed by atoms with Gasteiger partial charge in [0, 0.05) is 12.2 Å². The topological polar surface area (TPSA) is 15.6 Å². The Morgan fingerprint density at radius 1 is 1.60 bits per heavy atom. The second kappa shape index (κ2) is 2.69. The zero-order valence-electron chi connectivity index (χ0n) is 6.41. The summed E-state index contributed by atoms with van der Waals surface area (Å²) in [4.78, 5) is 6.09. The Morgan fingerprint density at radius 3 is 2.70 bits per heavy atom. The Balaban J connectivity index is 2.62. The molecule has 0 aromatic carbocycles. The molecule has 0 aliphatic carbocycles. The molecule has 0 spiro atoms. The quantitative estimate of drug-likeness (QED) is 0.536. The molecule has 0 N–H and O–H groups in total. The van der Waals surface area contributed by atoms with E-state index in [1.165, 1.54) is 0 Å². The minimum absolute atomic E-state index is 0.480.